The van der Waals surface area contributed by atoms with E-state index in [1.165, 1.54) is 0 Å². The van der Waals surface area contributed by atoms with Crippen molar-refractivity contribution in [3.63, 3.8) is 0 Å². The lowest BCUT2D eigenvalue weighted by atomic mass is 10.3. The van der Waals surface area contributed by atoms with Crippen molar-refractivity contribution in [2.24, 2.45) is 5.73 Å². The van der Waals surface area contributed by atoms with Gasteiger partial charge in [-0.25, -0.2) is 0 Å². The first kappa shape index (κ1) is 11.1. The van der Waals surface area contributed by atoms with E-state index in [4.69, 9.17) is 15.0 Å². The second kappa shape index (κ2) is 5.69. The molecule has 0 aliphatic heterocycles. The summed E-state index contributed by atoms with van der Waals surface area (Å²) in [6.07, 6.45) is -0.293. The van der Waals surface area contributed by atoms with Crippen molar-refractivity contribution in [1.29, 1.82) is 0 Å². The van der Waals surface area contributed by atoms with Crippen LogP contribution in [0.4, 0.5) is 0 Å². The van der Waals surface area contributed by atoms with E-state index in [2.05, 4.69) is 15.5 Å². The van der Waals surface area contributed by atoms with Gasteiger partial charge in [-0.2, -0.15) is 4.98 Å². The van der Waals surface area contributed by atoms with Gasteiger partial charge >= 0.3 is 0 Å². The van der Waals surface area contributed by atoms with Gasteiger partial charge in [-0.05, 0) is 14.0 Å². The lowest BCUT2D eigenvalue weighted by Gasteiger charge is -2.08. The number of ether oxygens (including phenoxy) is 1. The van der Waals surface area contributed by atoms with Crippen molar-refractivity contribution in [2.75, 3.05) is 20.2 Å². The molecule has 1 atom stereocenters. The van der Waals surface area contributed by atoms with Gasteiger partial charge < -0.3 is 20.3 Å². The number of hydrogen-bond donors (Lipinski definition) is 2. The fourth-order valence-corrected chi connectivity index (χ4v) is 1.07. The summed E-state index contributed by atoms with van der Waals surface area (Å²) in [5, 5.41) is 6.70. The Balaban J connectivity index is 2.63. The van der Waals surface area contributed by atoms with Crippen molar-refractivity contribution < 1.29 is 9.26 Å². The molecule has 1 rings (SSSR count). The third kappa shape index (κ3) is 2.76. The van der Waals surface area contributed by atoms with Crippen LogP contribution in [0, 0.1) is 0 Å². The van der Waals surface area contributed by atoms with Crippen molar-refractivity contribution in [3.05, 3.63) is 11.7 Å². The summed E-state index contributed by atoms with van der Waals surface area (Å²) in [5.41, 5.74) is 5.51. The molecule has 0 aliphatic carbocycles. The quantitative estimate of drug-likeness (QED) is 0.662. The zero-order chi connectivity index (χ0) is 10.4. The summed E-state index contributed by atoms with van der Waals surface area (Å²) in [6.45, 7) is 3.39. The lowest BCUT2D eigenvalue weighted by molar-refractivity contribution is 0.0448. The third-order valence-electron chi connectivity index (χ3n) is 1.68. The Hall–Kier alpha value is -0.980. The van der Waals surface area contributed by atoms with Crippen LogP contribution < -0.4 is 11.1 Å². The molecule has 0 bridgehead atoms. The molecule has 0 fully saturated rings. The Kier molecular flexibility index (Phi) is 4.51. The minimum atomic E-state index is -0.293. The normalized spacial score (nSPS) is 13.1. The fourth-order valence-electron chi connectivity index (χ4n) is 1.07. The van der Waals surface area contributed by atoms with Gasteiger partial charge in [-0.3, -0.25) is 0 Å². The van der Waals surface area contributed by atoms with Crippen LogP contribution in [0.2, 0.25) is 0 Å². The molecule has 0 amide bonds. The first-order valence-corrected chi connectivity index (χ1v) is 4.60. The van der Waals surface area contributed by atoms with E-state index in [0.717, 1.165) is 0 Å². The van der Waals surface area contributed by atoms with E-state index in [0.29, 0.717) is 31.4 Å². The van der Waals surface area contributed by atoms with Gasteiger partial charge in [-0.1, -0.05) is 5.16 Å². The van der Waals surface area contributed by atoms with Crippen molar-refractivity contribution >= 4 is 0 Å². The predicted molar refractivity (Wildman–Crippen MR) is 50.5 cm³/mol. The molecule has 1 heterocycles. The van der Waals surface area contributed by atoms with Crippen molar-refractivity contribution in [3.8, 4) is 0 Å². The summed E-state index contributed by atoms with van der Waals surface area (Å²) in [7, 11) is 1.82. The molecule has 0 aliphatic rings. The molecule has 6 nitrogen and oxygen atoms in total. The van der Waals surface area contributed by atoms with Crippen LogP contribution in [0.5, 0.6) is 0 Å². The summed E-state index contributed by atoms with van der Waals surface area (Å²) < 4.78 is 10.3. The number of nitrogens with one attached hydrogen (secondary N) is 1. The molecule has 14 heavy (non-hydrogen) atoms. The number of aromatic nitrogens is 2. The number of nitrogens with zero attached hydrogens (tertiary/aromatic N) is 2. The Bertz CT molecular complexity index is 264. The maximum Gasteiger partial charge on any atom is 0.257 e. The molecule has 0 radical (unpaired) electrons. The molecular weight excluding hydrogens is 184 g/mol. The SMILES string of the molecule is CCOC(CN)c1nc(CNC)no1. The first-order valence-electron chi connectivity index (χ1n) is 4.60. The molecule has 80 valence electrons. The zero-order valence-corrected chi connectivity index (χ0v) is 8.49. The third-order valence-corrected chi connectivity index (χ3v) is 1.68. The smallest absolute Gasteiger partial charge is 0.257 e. The molecule has 0 saturated heterocycles. The molecule has 1 aromatic heterocycles. The Labute approximate surface area is 82.8 Å². The molecule has 1 aromatic rings. The van der Waals surface area contributed by atoms with Crippen molar-refractivity contribution in [1.82, 2.24) is 15.5 Å². The second-order valence-electron chi connectivity index (χ2n) is 2.76. The standard InChI is InChI=1S/C8H16N4O2/c1-3-13-6(4-9)8-11-7(5-10-2)12-14-8/h6,10H,3-5,9H2,1-2H3. The largest absolute Gasteiger partial charge is 0.367 e. The van der Waals surface area contributed by atoms with Crippen LogP contribution in [0.25, 0.3) is 0 Å². The molecule has 0 aromatic carbocycles. The molecule has 3 N–H and O–H groups in total. The van der Waals surface area contributed by atoms with Gasteiger partial charge in [0.1, 0.15) is 6.10 Å². The summed E-state index contributed by atoms with van der Waals surface area (Å²) >= 11 is 0. The zero-order valence-electron chi connectivity index (χ0n) is 8.49. The summed E-state index contributed by atoms with van der Waals surface area (Å²) in [5.74, 6) is 1.06. The monoisotopic (exact) mass is 200 g/mol. The van der Waals surface area contributed by atoms with Gasteiger partial charge in [0, 0.05) is 13.2 Å². The second-order valence-corrected chi connectivity index (χ2v) is 2.76. The molecule has 1 unspecified atom stereocenters. The van der Waals surface area contributed by atoms with Crippen LogP contribution >= 0.6 is 0 Å². The highest BCUT2D eigenvalue weighted by atomic mass is 16.5. The highest BCUT2D eigenvalue weighted by Gasteiger charge is 2.17. The molecule has 0 saturated carbocycles. The lowest BCUT2D eigenvalue weighted by Crippen LogP contribution is -2.16. The maximum atomic E-state index is 5.51. The minimum Gasteiger partial charge on any atom is -0.367 e. The van der Waals surface area contributed by atoms with Gasteiger partial charge in [0.15, 0.2) is 5.82 Å². The molecular formula is C8H16N4O2. The van der Waals surface area contributed by atoms with Gasteiger partial charge in [0.05, 0.1) is 6.54 Å². The average molecular weight is 200 g/mol. The highest BCUT2D eigenvalue weighted by molar-refractivity contribution is 4.90. The topological polar surface area (TPSA) is 86.2 Å². The van der Waals surface area contributed by atoms with Crippen LogP contribution in [-0.2, 0) is 11.3 Å². The van der Waals surface area contributed by atoms with Gasteiger partial charge in [0.25, 0.3) is 5.89 Å². The Morgan fingerprint density at radius 2 is 2.43 bits per heavy atom. The maximum absolute atomic E-state index is 5.51. The molecule has 0 spiro atoms. The van der Waals surface area contributed by atoms with Crippen LogP contribution in [0.3, 0.4) is 0 Å². The Morgan fingerprint density at radius 3 is 3.00 bits per heavy atom. The van der Waals surface area contributed by atoms with Crippen LogP contribution in [0.15, 0.2) is 4.52 Å². The minimum absolute atomic E-state index is 0.293. The predicted octanol–water partition coefficient (Wildman–Crippen LogP) is -0.175. The van der Waals surface area contributed by atoms with Crippen LogP contribution in [-0.4, -0.2) is 30.3 Å². The van der Waals surface area contributed by atoms with Crippen molar-refractivity contribution in [2.45, 2.75) is 19.6 Å². The van der Waals surface area contributed by atoms with Crippen LogP contribution in [0.1, 0.15) is 24.7 Å². The number of rotatable bonds is 6. The Morgan fingerprint density at radius 1 is 1.64 bits per heavy atom. The van der Waals surface area contributed by atoms with E-state index >= 15 is 0 Å². The highest BCUT2D eigenvalue weighted by Crippen LogP contribution is 2.13. The van der Waals surface area contributed by atoms with E-state index in [1.54, 1.807) is 0 Å². The van der Waals surface area contributed by atoms with E-state index < -0.39 is 0 Å². The number of nitrogens with two attached hydrogens (primary N) is 1. The molecule has 6 heteroatoms. The van der Waals surface area contributed by atoms with E-state index in [1.807, 2.05) is 14.0 Å². The van der Waals surface area contributed by atoms with E-state index in [9.17, 15) is 0 Å². The summed E-state index contributed by atoms with van der Waals surface area (Å²) in [6, 6.07) is 0. The number of hydrogen-bond acceptors (Lipinski definition) is 6. The van der Waals surface area contributed by atoms with E-state index in [-0.39, 0.29) is 6.10 Å². The first-order chi connectivity index (χ1) is 6.81. The fraction of sp³-hybridized carbons (Fsp3) is 0.750. The van der Waals surface area contributed by atoms with Gasteiger partial charge in [-0.15, -0.1) is 0 Å². The van der Waals surface area contributed by atoms with Gasteiger partial charge in [0.2, 0.25) is 0 Å². The summed E-state index contributed by atoms with van der Waals surface area (Å²) in [4.78, 5) is 4.14. The average Bonchev–Trinajstić information content (AvgIpc) is 2.63.